The van der Waals surface area contributed by atoms with Crippen LogP contribution >= 0.6 is 11.6 Å². The Hall–Kier alpha value is -1.59. The number of aromatic amines is 1. The maximum absolute atomic E-state index is 6.19. The summed E-state index contributed by atoms with van der Waals surface area (Å²) in [6, 6.07) is 7.90. The van der Waals surface area contributed by atoms with Crippen molar-refractivity contribution in [2.75, 3.05) is 18.0 Å². The van der Waals surface area contributed by atoms with Gasteiger partial charge in [0.1, 0.15) is 0 Å². The Morgan fingerprint density at radius 3 is 2.71 bits per heavy atom. The van der Waals surface area contributed by atoms with Gasteiger partial charge in [0.25, 0.3) is 0 Å². The van der Waals surface area contributed by atoms with E-state index in [4.69, 9.17) is 17.3 Å². The molecule has 1 unspecified atom stereocenters. The number of aromatic nitrogens is 3. The Morgan fingerprint density at radius 2 is 2.05 bits per heavy atom. The normalized spacial score (nSPS) is 18.0. The fourth-order valence-corrected chi connectivity index (χ4v) is 3.02. The van der Waals surface area contributed by atoms with Gasteiger partial charge < -0.3 is 10.6 Å². The molecular formula is C15H20ClN5. The summed E-state index contributed by atoms with van der Waals surface area (Å²) in [5.74, 6) is 2.06. The average molecular weight is 306 g/mol. The zero-order chi connectivity index (χ0) is 14.8. The molecule has 21 heavy (non-hydrogen) atoms. The molecule has 0 amide bonds. The molecule has 1 aliphatic heterocycles. The van der Waals surface area contributed by atoms with E-state index < -0.39 is 0 Å². The Balaban J connectivity index is 1.73. The summed E-state index contributed by atoms with van der Waals surface area (Å²) < 4.78 is 0. The van der Waals surface area contributed by atoms with Crippen LogP contribution in [0.3, 0.4) is 0 Å². The molecule has 0 aliphatic carbocycles. The van der Waals surface area contributed by atoms with Gasteiger partial charge in [-0.05, 0) is 37.8 Å². The van der Waals surface area contributed by atoms with Gasteiger partial charge in [0.2, 0.25) is 5.95 Å². The summed E-state index contributed by atoms with van der Waals surface area (Å²) in [6.45, 7) is 3.99. The maximum atomic E-state index is 6.19. The van der Waals surface area contributed by atoms with Gasteiger partial charge in [-0.1, -0.05) is 23.7 Å². The third-order valence-corrected chi connectivity index (χ3v) is 4.50. The fourth-order valence-electron chi connectivity index (χ4n) is 2.79. The standard InChI is InChI=1S/C15H20ClN5/c1-10(17)11-6-8-21(9-7-11)15-18-14(19-20-15)12-4-2-3-5-13(12)16/h2-5,10-11H,6-9,17H2,1H3,(H,18,19,20). The number of hydrogen-bond acceptors (Lipinski definition) is 4. The van der Waals surface area contributed by atoms with Gasteiger partial charge in [0, 0.05) is 24.7 Å². The molecule has 1 aliphatic rings. The number of rotatable bonds is 3. The van der Waals surface area contributed by atoms with Gasteiger partial charge in [-0.15, -0.1) is 5.10 Å². The van der Waals surface area contributed by atoms with E-state index in [9.17, 15) is 0 Å². The van der Waals surface area contributed by atoms with Crippen molar-refractivity contribution in [1.82, 2.24) is 15.2 Å². The third kappa shape index (κ3) is 3.04. The summed E-state index contributed by atoms with van der Waals surface area (Å²) in [4.78, 5) is 6.78. The van der Waals surface area contributed by atoms with Gasteiger partial charge in [-0.2, -0.15) is 4.98 Å². The minimum Gasteiger partial charge on any atom is -0.340 e. The molecule has 0 saturated carbocycles. The molecule has 2 heterocycles. The molecule has 1 saturated heterocycles. The van der Waals surface area contributed by atoms with Crippen molar-refractivity contribution in [2.45, 2.75) is 25.8 Å². The van der Waals surface area contributed by atoms with Crippen LogP contribution in [-0.2, 0) is 0 Å². The van der Waals surface area contributed by atoms with E-state index in [1.165, 1.54) is 0 Å². The summed E-state index contributed by atoms with van der Waals surface area (Å²) >= 11 is 6.19. The van der Waals surface area contributed by atoms with Crippen molar-refractivity contribution in [3.8, 4) is 11.4 Å². The van der Waals surface area contributed by atoms with Crippen molar-refractivity contribution in [3.05, 3.63) is 29.3 Å². The Labute approximate surface area is 129 Å². The first-order chi connectivity index (χ1) is 10.1. The highest BCUT2D eigenvalue weighted by molar-refractivity contribution is 6.33. The zero-order valence-corrected chi connectivity index (χ0v) is 12.8. The molecule has 5 nitrogen and oxygen atoms in total. The predicted molar refractivity (Wildman–Crippen MR) is 85.4 cm³/mol. The Morgan fingerprint density at radius 1 is 1.33 bits per heavy atom. The van der Waals surface area contributed by atoms with Gasteiger partial charge >= 0.3 is 0 Å². The molecule has 1 aromatic carbocycles. The van der Waals surface area contributed by atoms with Crippen molar-refractivity contribution in [1.29, 1.82) is 0 Å². The van der Waals surface area contributed by atoms with Gasteiger partial charge in [0.15, 0.2) is 5.82 Å². The van der Waals surface area contributed by atoms with E-state index in [1.807, 2.05) is 24.3 Å². The molecule has 2 aromatic rings. The van der Waals surface area contributed by atoms with E-state index >= 15 is 0 Å². The minimum absolute atomic E-state index is 0.262. The largest absolute Gasteiger partial charge is 0.340 e. The number of nitrogens with zero attached hydrogens (tertiary/aromatic N) is 3. The molecule has 0 radical (unpaired) electrons. The van der Waals surface area contributed by atoms with Gasteiger partial charge in [-0.25, -0.2) is 0 Å². The molecule has 1 aromatic heterocycles. The van der Waals surface area contributed by atoms with Gasteiger partial charge in [-0.3, -0.25) is 5.10 Å². The van der Waals surface area contributed by atoms with Crippen LogP contribution in [0.2, 0.25) is 5.02 Å². The van der Waals surface area contributed by atoms with E-state index in [0.29, 0.717) is 16.8 Å². The smallest absolute Gasteiger partial charge is 0.245 e. The summed E-state index contributed by atoms with van der Waals surface area (Å²) in [5.41, 5.74) is 6.86. The topological polar surface area (TPSA) is 70.8 Å². The van der Waals surface area contributed by atoms with Crippen LogP contribution < -0.4 is 10.6 Å². The second-order valence-corrected chi connectivity index (χ2v) is 6.05. The first-order valence-corrected chi connectivity index (χ1v) is 7.71. The van der Waals surface area contributed by atoms with Crippen molar-refractivity contribution >= 4 is 17.5 Å². The number of halogens is 1. The number of hydrogen-bond donors (Lipinski definition) is 2. The first-order valence-electron chi connectivity index (χ1n) is 7.33. The zero-order valence-electron chi connectivity index (χ0n) is 12.1. The second kappa shape index (κ2) is 6.03. The molecule has 6 heteroatoms. The van der Waals surface area contributed by atoms with Crippen LogP contribution in [-0.4, -0.2) is 34.3 Å². The highest BCUT2D eigenvalue weighted by Crippen LogP contribution is 2.27. The average Bonchev–Trinajstić information content (AvgIpc) is 2.97. The van der Waals surface area contributed by atoms with Crippen LogP contribution in [0.25, 0.3) is 11.4 Å². The highest BCUT2D eigenvalue weighted by Gasteiger charge is 2.24. The van der Waals surface area contributed by atoms with E-state index in [0.717, 1.165) is 37.4 Å². The molecule has 0 bridgehead atoms. The van der Waals surface area contributed by atoms with Crippen LogP contribution in [0.4, 0.5) is 5.95 Å². The van der Waals surface area contributed by atoms with Crippen molar-refractivity contribution in [3.63, 3.8) is 0 Å². The van der Waals surface area contributed by atoms with E-state index in [2.05, 4.69) is 27.0 Å². The Bertz CT molecular complexity index is 602. The third-order valence-electron chi connectivity index (χ3n) is 4.17. The lowest BCUT2D eigenvalue weighted by Crippen LogP contribution is -2.40. The molecule has 0 spiro atoms. The quantitative estimate of drug-likeness (QED) is 0.914. The minimum atomic E-state index is 0.262. The van der Waals surface area contributed by atoms with Crippen LogP contribution in [0.5, 0.6) is 0 Å². The number of benzene rings is 1. The first kappa shape index (κ1) is 14.4. The summed E-state index contributed by atoms with van der Waals surface area (Å²) in [7, 11) is 0. The SMILES string of the molecule is CC(N)C1CCN(c2n[nH]c(-c3ccccc3Cl)n2)CC1. The lowest BCUT2D eigenvalue weighted by Gasteiger charge is -2.32. The monoisotopic (exact) mass is 305 g/mol. The van der Waals surface area contributed by atoms with E-state index in [1.54, 1.807) is 0 Å². The second-order valence-electron chi connectivity index (χ2n) is 5.65. The number of nitrogens with one attached hydrogen (secondary N) is 1. The van der Waals surface area contributed by atoms with Crippen molar-refractivity contribution in [2.24, 2.45) is 11.7 Å². The Kier molecular flexibility index (Phi) is 4.12. The molecular weight excluding hydrogens is 286 g/mol. The number of piperidine rings is 1. The van der Waals surface area contributed by atoms with E-state index in [-0.39, 0.29) is 6.04 Å². The van der Waals surface area contributed by atoms with Crippen LogP contribution in [0, 0.1) is 5.92 Å². The molecule has 112 valence electrons. The lowest BCUT2D eigenvalue weighted by atomic mass is 9.91. The number of nitrogens with two attached hydrogens (primary N) is 1. The predicted octanol–water partition coefficient (Wildman–Crippen LogP) is 2.69. The van der Waals surface area contributed by atoms with Crippen molar-refractivity contribution < 1.29 is 0 Å². The summed E-state index contributed by atoms with van der Waals surface area (Å²) in [6.07, 6.45) is 2.18. The molecule has 1 atom stereocenters. The summed E-state index contributed by atoms with van der Waals surface area (Å²) in [5, 5.41) is 7.99. The van der Waals surface area contributed by atoms with Crippen LogP contribution in [0.1, 0.15) is 19.8 Å². The molecule has 3 rings (SSSR count). The van der Waals surface area contributed by atoms with Gasteiger partial charge in [0.05, 0.1) is 5.02 Å². The fraction of sp³-hybridized carbons (Fsp3) is 0.467. The molecule has 3 N–H and O–H groups in total. The number of H-pyrrole nitrogens is 1. The molecule has 1 fully saturated rings. The lowest BCUT2D eigenvalue weighted by molar-refractivity contribution is 0.352. The van der Waals surface area contributed by atoms with Crippen LogP contribution in [0.15, 0.2) is 24.3 Å². The number of anilines is 1. The highest BCUT2D eigenvalue weighted by atomic mass is 35.5. The maximum Gasteiger partial charge on any atom is 0.245 e.